The maximum absolute atomic E-state index is 10.8. The van der Waals surface area contributed by atoms with E-state index in [-0.39, 0.29) is 10.6 Å². The van der Waals surface area contributed by atoms with Crippen LogP contribution in [0.25, 0.3) is 0 Å². The number of nitro groups is 1. The highest BCUT2D eigenvalue weighted by molar-refractivity contribution is 9.10. The average Bonchev–Trinajstić information content (AvgIpc) is 3.31. The number of benzene rings is 2. The summed E-state index contributed by atoms with van der Waals surface area (Å²) in [6, 6.07) is 13.3. The van der Waals surface area contributed by atoms with Crippen molar-refractivity contribution in [2.75, 3.05) is 5.32 Å². The van der Waals surface area contributed by atoms with Crippen molar-refractivity contribution in [1.82, 2.24) is 0 Å². The van der Waals surface area contributed by atoms with Gasteiger partial charge < -0.3 is 5.32 Å². The zero-order valence-electron chi connectivity index (χ0n) is 11.4. The lowest BCUT2D eigenvalue weighted by molar-refractivity contribution is -0.384. The second-order valence-electron chi connectivity index (χ2n) is 5.29. The molecule has 108 valence electrons. The lowest BCUT2D eigenvalue weighted by atomic mass is 10.1. The van der Waals surface area contributed by atoms with Crippen molar-refractivity contribution in [3.63, 3.8) is 0 Å². The molecule has 1 N–H and O–H groups in total. The number of hydrogen-bond acceptors (Lipinski definition) is 3. The van der Waals surface area contributed by atoms with Crippen LogP contribution in [-0.4, -0.2) is 4.92 Å². The zero-order chi connectivity index (χ0) is 14.8. The van der Waals surface area contributed by atoms with Gasteiger partial charge in [-0.05, 0) is 51.9 Å². The van der Waals surface area contributed by atoms with Crippen molar-refractivity contribution in [2.24, 2.45) is 0 Å². The number of anilines is 1. The van der Waals surface area contributed by atoms with Gasteiger partial charge in [0.05, 0.1) is 10.6 Å². The molecule has 0 aromatic heterocycles. The van der Waals surface area contributed by atoms with Gasteiger partial charge in [0.15, 0.2) is 0 Å². The molecule has 1 aliphatic rings. The van der Waals surface area contributed by atoms with Crippen molar-refractivity contribution < 1.29 is 4.92 Å². The van der Waals surface area contributed by atoms with Crippen molar-refractivity contribution in [3.8, 4) is 0 Å². The molecule has 0 heterocycles. The van der Waals surface area contributed by atoms with E-state index in [0.717, 1.165) is 21.6 Å². The number of nitrogens with one attached hydrogen (secondary N) is 1. The molecule has 1 saturated carbocycles. The quantitative estimate of drug-likeness (QED) is 0.622. The van der Waals surface area contributed by atoms with Crippen LogP contribution in [0.4, 0.5) is 11.4 Å². The molecule has 2 aromatic carbocycles. The first-order valence-electron chi connectivity index (χ1n) is 6.90. The second kappa shape index (κ2) is 5.85. The first kappa shape index (κ1) is 14.1. The first-order valence-corrected chi connectivity index (χ1v) is 7.69. The molecule has 0 spiro atoms. The van der Waals surface area contributed by atoms with Gasteiger partial charge in [0.2, 0.25) is 0 Å². The monoisotopic (exact) mass is 346 g/mol. The molecule has 1 fully saturated rings. The summed E-state index contributed by atoms with van der Waals surface area (Å²) in [6.07, 6.45) is 2.61. The van der Waals surface area contributed by atoms with Crippen LogP contribution in [0.3, 0.4) is 0 Å². The van der Waals surface area contributed by atoms with Crippen LogP contribution in [0.2, 0.25) is 0 Å². The minimum absolute atomic E-state index is 0.0878. The predicted molar refractivity (Wildman–Crippen MR) is 86.5 cm³/mol. The van der Waals surface area contributed by atoms with Gasteiger partial charge in [-0.3, -0.25) is 10.1 Å². The highest BCUT2D eigenvalue weighted by Crippen LogP contribution is 2.39. The number of nitro benzene ring substituents is 1. The van der Waals surface area contributed by atoms with E-state index in [4.69, 9.17) is 0 Å². The molecular formula is C16H15BrN2O2. The van der Waals surface area contributed by atoms with E-state index in [0.29, 0.717) is 6.54 Å². The van der Waals surface area contributed by atoms with E-state index < -0.39 is 0 Å². The maximum Gasteiger partial charge on any atom is 0.271 e. The third-order valence-electron chi connectivity index (χ3n) is 3.67. The van der Waals surface area contributed by atoms with Gasteiger partial charge >= 0.3 is 0 Å². The van der Waals surface area contributed by atoms with Crippen molar-refractivity contribution in [3.05, 3.63) is 68.2 Å². The van der Waals surface area contributed by atoms with E-state index in [2.05, 4.69) is 45.5 Å². The Labute approximate surface area is 131 Å². The van der Waals surface area contributed by atoms with E-state index in [1.54, 1.807) is 12.1 Å². The summed E-state index contributed by atoms with van der Waals surface area (Å²) in [7, 11) is 0. The number of nitrogens with zero attached hydrogens (tertiary/aromatic N) is 1. The largest absolute Gasteiger partial charge is 0.380 e. The van der Waals surface area contributed by atoms with Crippen LogP contribution in [0.15, 0.2) is 46.9 Å². The van der Waals surface area contributed by atoms with Crippen LogP contribution in [0, 0.1) is 10.1 Å². The summed E-state index contributed by atoms with van der Waals surface area (Å²) in [6.45, 7) is 0.644. The lowest BCUT2D eigenvalue weighted by Gasteiger charge is -2.09. The molecule has 0 unspecified atom stereocenters. The predicted octanol–water partition coefficient (Wildman–Crippen LogP) is 4.85. The second-order valence-corrected chi connectivity index (χ2v) is 6.15. The molecule has 1 aliphatic carbocycles. The van der Waals surface area contributed by atoms with E-state index in [9.17, 15) is 10.1 Å². The fourth-order valence-corrected chi connectivity index (χ4v) is 2.67. The van der Waals surface area contributed by atoms with Gasteiger partial charge in [-0.15, -0.1) is 0 Å². The Kier molecular flexibility index (Phi) is 3.92. The Balaban J connectivity index is 1.68. The van der Waals surface area contributed by atoms with Crippen LogP contribution in [0.5, 0.6) is 0 Å². The summed E-state index contributed by atoms with van der Waals surface area (Å²) in [5.41, 5.74) is 3.40. The highest BCUT2D eigenvalue weighted by atomic mass is 79.9. The highest BCUT2D eigenvalue weighted by Gasteiger charge is 2.22. The molecule has 21 heavy (non-hydrogen) atoms. The van der Waals surface area contributed by atoms with Gasteiger partial charge in [-0.2, -0.15) is 0 Å². The standard InChI is InChI=1S/C16H15BrN2O2/c17-15-8-7-14(19(20)21)9-16(15)18-10-11-1-3-12(4-2-11)13-5-6-13/h1-4,7-9,13,18H,5-6,10H2. The zero-order valence-corrected chi connectivity index (χ0v) is 13.0. The Morgan fingerprint density at radius 2 is 1.90 bits per heavy atom. The van der Waals surface area contributed by atoms with Crippen molar-refractivity contribution in [1.29, 1.82) is 0 Å². The third kappa shape index (κ3) is 3.42. The number of non-ortho nitro benzene ring substituents is 1. The molecule has 0 radical (unpaired) electrons. The molecule has 3 rings (SSSR count). The molecule has 5 heteroatoms. The summed E-state index contributed by atoms with van der Waals surface area (Å²) < 4.78 is 0.822. The summed E-state index contributed by atoms with van der Waals surface area (Å²) >= 11 is 3.41. The SMILES string of the molecule is O=[N+]([O-])c1ccc(Br)c(NCc2ccc(C3CC3)cc2)c1. The van der Waals surface area contributed by atoms with Crippen LogP contribution >= 0.6 is 15.9 Å². The Morgan fingerprint density at radius 1 is 1.19 bits per heavy atom. The smallest absolute Gasteiger partial charge is 0.271 e. The molecule has 0 atom stereocenters. The van der Waals surface area contributed by atoms with Crippen LogP contribution in [-0.2, 0) is 6.54 Å². The number of halogens is 1. The van der Waals surface area contributed by atoms with Gasteiger partial charge in [0, 0.05) is 23.2 Å². The molecule has 0 aliphatic heterocycles. The molecular weight excluding hydrogens is 332 g/mol. The Bertz CT molecular complexity index is 666. The van der Waals surface area contributed by atoms with Gasteiger partial charge in [0.1, 0.15) is 0 Å². The van der Waals surface area contributed by atoms with Crippen molar-refractivity contribution in [2.45, 2.75) is 25.3 Å². The van der Waals surface area contributed by atoms with Crippen LogP contribution < -0.4 is 5.32 Å². The van der Waals surface area contributed by atoms with Crippen LogP contribution in [0.1, 0.15) is 29.9 Å². The topological polar surface area (TPSA) is 55.2 Å². The third-order valence-corrected chi connectivity index (χ3v) is 4.36. The number of rotatable bonds is 5. The number of hydrogen-bond donors (Lipinski definition) is 1. The maximum atomic E-state index is 10.8. The minimum Gasteiger partial charge on any atom is -0.380 e. The van der Waals surface area contributed by atoms with E-state index in [1.807, 2.05) is 0 Å². The fraction of sp³-hybridized carbons (Fsp3) is 0.250. The summed E-state index contributed by atoms with van der Waals surface area (Å²) in [5.74, 6) is 0.762. The first-order chi connectivity index (χ1) is 10.1. The lowest BCUT2D eigenvalue weighted by Crippen LogP contribution is -2.01. The van der Waals surface area contributed by atoms with Gasteiger partial charge in [-0.25, -0.2) is 0 Å². The molecule has 0 amide bonds. The normalized spacial score (nSPS) is 14.0. The molecule has 0 saturated heterocycles. The molecule has 0 bridgehead atoms. The minimum atomic E-state index is -0.387. The fourth-order valence-electron chi connectivity index (χ4n) is 2.28. The van der Waals surface area contributed by atoms with Crippen molar-refractivity contribution >= 4 is 27.3 Å². The summed E-state index contributed by atoms with van der Waals surface area (Å²) in [5, 5.41) is 14.0. The van der Waals surface area contributed by atoms with E-state index >= 15 is 0 Å². The molecule has 2 aromatic rings. The summed E-state index contributed by atoms with van der Waals surface area (Å²) in [4.78, 5) is 10.4. The van der Waals surface area contributed by atoms with Gasteiger partial charge in [-0.1, -0.05) is 24.3 Å². The van der Waals surface area contributed by atoms with E-state index in [1.165, 1.54) is 24.5 Å². The Morgan fingerprint density at radius 3 is 2.52 bits per heavy atom. The Hall–Kier alpha value is -1.88. The molecule has 4 nitrogen and oxygen atoms in total. The average molecular weight is 347 g/mol. The van der Waals surface area contributed by atoms with Gasteiger partial charge in [0.25, 0.3) is 5.69 Å².